The van der Waals surface area contributed by atoms with Crippen molar-refractivity contribution in [1.29, 1.82) is 0 Å². The molecule has 1 aliphatic rings. The standard InChI is InChI=1S/C16H25NO2/c1-3-7-17(8-4-2)14-9-12-5-6-13(11-18)16(19)15(12)10-14/h5-6,14,18-19H,3-4,7-11H2,1-2H3. The van der Waals surface area contributed by atoms with Crippen LogP contribution in [0.15, 0.2) is 12.1 Å². The van der Waals surface area contributed by atoms with Crippen LogP contribution in [0.25, 0.3) is 0 Å². The van der Waals surface area contributed by atoms with E-state index >= 15 is 0 Å². The summed E-state index contributed by atoms with van der Waals surface area (Å²) in [6.45, 7) is 6.59. The van der Waals surface area contributed by atoms with Crippen LogP contribution in [0.4, 0.5) is 0 Å². The number of phenols is 1. The summed E-state index contributed by atoms with van der Waals surface area (Å²) in [4.78, 5) is 2.54. The fraction of sp³-hybridized carbons (Fsp3) is 0.625. The van der Waals surface area contributed by atoms with Crippen molar-refractivity contribution in [2.45, 2.75) is 52.2 Å². The molecule has 1 aliphatic carbocycles. The monoisotopic (exact) mass is 263 g/mol. The van der Waals surface area contributed by atoms with E-state index in [0.29, 0.717) is 17.4 Å². The van der Waals surface area contributed by atoms with Crippen LogP contribution in [0.3, 0.4) is 0 Å². The smallest absolute Gasteiger partial charge is 0.124 e. The molecule has 0 saturated heterocycles. The molecule has 0 spiro atoms. The van der Waals surface area contributed by atoms with E-state index in [1.54, 1.807) is 0 Å². The Bertz CT molecular complexity index is 425. The third kappa shape index (κ3) is 2.93. The van der Waals surface area contributed by atoms with Crippen LogP contribution in [0.2, 0.25) is 0 Å². The highest BCUT2D eigenvalue weighted by atomic mass is 16.3. The lowest BCUT2D eigenvalue weighted by Crippen LogP contribution is -2.37. The van der Waals surface area contributed by atoms with E-state index in [1.165, 1.54) is 18.4 Å². The van der Waals surface area contributed by atoms with Crippen molar-refractivity contribution >= 4 is 0 Å². The van der Waals surface area contributed by atoms with Crippen molar-refractivity contribution in [3.8, 4) is 5.75 Å². The molecule has 1 aromatic rings. The van der Waals surface area contributed by atoms with Crippen molar-refractivity contribution in [3.05, 3.63) is 28.8 Å². The molecular formula is C16H25NO2. The van der Waals surface area contributed by atoms with Gasteiger partial charge in [-0.25, -0.2) is 0 Å². The van der Waals surface area contributed by atoms with Crippen LogP contribution in [0, 0.1) is 0 Å². The Kier molecular flexibility index (Phi) is 4.83. The first-order valence-electron chi connectivity index (χ1n) is 7.38. The first kappa shape index (κ1) is 14.4. The average Bonchev–Trinajstić information content (AvgIpc) is 2.84. The van der Waals surface area contributed by atoms with Gasteiger partial charge in [0.1, 0.15) is 5.75 Å². The number of fused-ring (bicyclic) bond motifs is 1. The van der Waals surface area contributed by atoms with Crippen LogP contribution in [0.5, 0.6) is 5.75 Å². The maximum absolute atomic E-state index is 10.2. The van der Waals surface area contributed by atoms with Gasteiger partial charge in [0.05, 0.1) is 6.61 Å². The predicted octanol–water partition coefficient (Wildman–Crippen LogP) is 2.47. The Labute approximate surface area is 115 Å². The predicted molar refractivity (Wildman–Crippen MR) is 77.4 cm³/mol. The molecule has 0 saturated carbocycles. The van der Waals surface area contributed by atoms with Gasteiger partial charge >= 0.3 is 0 Å². The third-order valence-electron chi connectivity index (χ3n) is 4.07. The normalized spacial score (nSPS) is 18.0. The molecule has 0 amide bonds. The van der Waals surface area contributed by atoms with Gasteiger partial charge in [-0.2, -0.15) is 0 Å². The SMILES string of the molecule is CCCN(CCC)C1Cc2ccc(CO)c(O)c2C1. The zero-order valence-electron chi connectivity index (χ0n) is 12.0. The first-order valence-corrected chi connectivity index (χ1v) is 7.38. The minimum absolute atomic E-state index is 0.0859. The number of aromatic hydroxyl groups is 1. The molecule has 1 unspecified atom stereocenters. The minimum atomic E-state index is -0.0859. The number of nitrogens with zero attached hydrogens (tertiary/aromatic N) is 1. The molecule has 2 N–H and O–H groups in total. The van der Waals surface area contributed by atoms with Gasteiger partial charge in [0.25, 0.3) is 0 Å². The van der Waals surface area contributed by atoms with Crippen molar-refractivity contribution < 1.29 is 10.2 Å². The van der Waals surface area contributed by atoms with Crippen LogP contribution in [-0.4, -0.2) is 34.2 Å². The molecule has 19 heavy (non-hydrogen) atoms. The van der Waals surface area contributed by atoms with Crippen LogP contribution in [0.1, 0.15) is 43.4 Å². The zero-order valence-corrected chi connectivity index (χ0v) is 12.0. The largest absolute Gasteiger partial charge is 0.507 e. The number of hydrogen-bond donors (Lipinski definition) is 2. The highest BCUT2D eigenvalue weighted by Gasteiger charge is 2.28. The molecule has 0 radical (unpaired) electrons. The van der Waals surface area contributed by atoms with Gasteiger partial charge in [0.2, 0.25) is 0 Å². The average molecular weight is 263 g/mol. The second kappa shape index (κ2) is 6.40. The van der Waals surface area contributed by atoms with Gasteiger partial charge < -0.3 is 10.2 Å². The molecule has 1 aromatic carbocycles. The maximum atomic E-state index is 10.2. The molecule has 0 aliphatic heterocycles. The van der Waals surface area contributed by atoms with Crippen molar-refractivity contribution in [2.75, 3.05) is 13.1 Å². The topological polar surface area (TPSA) is 43.7 Å². The fourth-order valence-corrected chi connectivity index (χ4v) is 3.14. The van der Waals surface area contributed by atoms with Gasteiger partial charge in [-0.05, 0) is 49.9 Å². The lowest BCUT2D eigenvalue weighted by molar-refractivity contribution is 0.201. The summed E-state index contributed by atoms with van der Waals surface area (Å²) in [7, 11) is 0. The molecule has 2 rings (SSSR count). The number of benzene rings is 1. The van der Waals surface area contributed by atoms with E-state index in [1.807, 2.05) is 6.07 Å². The van der Waals surface area contributed by atoms with Gasteiger partial charge in [-0.15, -0.1) is 0 Å². The second-order valence-corrected chi connectivity index (χ2v) is 5.47. The lowest BCUT2D eigenvalue weighted by Gasteiger charge is -2.27. The molecule has 0 heterocycles. The van der Waals surface area contributed by atoms with Gasteiger partial charge in [0, 0.05) is 11.6 Å². The second-order valence-electron chi connectivity index (χ2n) is 5.47. The van der Waals surface area contributed by atoms with Crippen LogP contribution < -0.4 is 0 Å². The summed E-state index contributed by atoms with van der Waals surface area (Å²) in [6, 6.07) is 4.42. The van der Waals surface area contributed by atoms with Crippen molar-refractivity contribution in [2.24, 2.45) is 0 Å². The first-order chi connectivity index (χ1) is 9.21. The Morgan fingerprint density at radius 3 is 2.42 bits per heavy atom. The number of aliphatic hydroxyl groups excluding tert-OH is 1. The highest BCUT2D eigenvalue weighted by Crippen LogP contribution is 2.34. The third-order valence-corrected chi connectivity index (χ3v) is 4.07. The van der Waals surface area contributed by atoms with E-state index in [4.69, 9.17) is 0 Å². The Morgan fingerprint density at radius 2 is 1.84 bits per heavy atom. The summed E-state index contributed by atoms with van der Waals surface area (Å²) in [5.74, 6) is 0.315. The number of hydrogen-bond acceptors (Lipinski definition) is 3. The quantitative estimate of drug-likeness (QED) is 0.828. The molecule has 0 fully saturated rings. The minimum Gasteiger partial charge on any atom is -0.507 e. The molecule has 3 nitrogen and oxygen atoms in total. The highest BCUT2D eigenvalue weighted by molar-refractivity contribution is 5.48. The Balaban J connectivity index is 2.16. The van der Waals surface area contributed by atoms with E-state index in [2.05, 4.69) is 24.8 Å². The molecule has 3 heteroatoms. The summed E-state index contributed by atoms with van der Waals surface area (Å²) >= 11 is 0. The van der Waals surface area contributed by atoms with Crippen molar-refractivity contribution in [3.63, 3.8) is 0 Å². The van der Waals surface area contributed by atoms with E-state index < -0.39 is 0 Å². The molecule has 0 bridgehead atoms. The fourth-order valence-electron chi connectivity index (χ4n) is 3.14. The number of aliphatic hydroxyl groups is 1. The molecule has 0 aromatic heterocycles. The summed E-state index contributed by atoms with van der Waals surface area (Å²) in [5, 5.41) is 19.4. The van der Waals surface area contributed by atoms with Gasteiger partial charge in [0.15, 0.2) is 0 Å². The molecule has 106 valence electrons. The molecule has 1 atom stereocenters. The lowest BCUT2D eigenvalue weighted by atomic mass is 10.1. The van der Waals surface area contributed by atoms with Gasteiger partial charge in [-0.3, -0.25) is 4.90 Å². The van der Waals surface area contributed by atoms with Crippen LogP contribution >= 0.6 is 0 Å². The Hall–Kier alpha value is -1.06. The molecular weight excluding hydrogens is 238 g/mol. The summed E-state index contributed by atoms with van der Waals surface area (Å²) < 4.78 is 0. The van der Waals surface area contributed by atoms with Crippen LogP contribution in [-0.2, 0) is 19.4 Å². The van der Waals surface area contributed by atoms with Gasteiger partial charge in [-0.1, -0.05) is 26.0 Å². The van der Waals surface area contributed by atoms with E-state index in [0.717, 1.165) is 31.5 Å². The maximum Gasteiger partial charge on any atom is 0.124 e. The summed E-state index contributed by atoms with van der Waals surface area (Å²) in [5.41, 5.74) is 2.95. The zero-order chi connectivity index (χ0) is 13.8. The number of rotatable bonds is 6. The summed E-state index contributed by atoms with van der Waals surface area (Å²) in [6.07, 6.45) is 4.27. The van der Waals surface area contributed by atoms with E-state index in [-0.39, 0.29) is 6.61 Å². The Morgan fingerprint density at radius 1 is 1.16 bits per heavy atom. The van der Waals surface area contributed by atoms with Crippen molar-refractivity contribution in [1.82, 2.24) is 4.90 Å². The van der Waals surface area contributed by atoms with E-state index in [9.17, 15) is 10.2 Å².